The highest BCUT2D eigenvalue weighted by atomic mass is 127. The van der Waals surface area contributed by atoms with Crippen LogP contribution in [0.3, 0.4) is 0 Å². The van der Waals surface area contributed by atoms with Gasteiger partial charge in [-0.15, -0.1) is 24.0 Å². The summed E-state index contributed by atoms with van der Waals surface area (Å²) >= 11 is 0. The van der Waals surface area contributed by atoms with Gasteiger partial charge in [0.15, 0.2) is 5.96 Å². The number of hydrogen-bond acceptors (Lipinski definition) is 3. The van der Waals surface area contributed by atoms with Crippen LogP contribution in [-0.2, 0) is 22.5 Å². The molecule has 146 valence electrons. The molecule has 0 unspecified atom stereocenters. The summed E-state index contributed by atoms with van der Waals surface area (Å²) in [7, 11) is 4.92. The highest BCUT2D eigenvalue weighted by molar-refractivity contribution is 14.0. The molecule has 0 aromatic heterocycles. The van der Waals surface area contributed by atoms with Crippen LogP contribution < -0.4 is 5.32 Å². The summed E-state index contributed by atoms with van der Waals surface area (Å²) in [4.78, 5) is 19.5. The number of nitrogens with zero attached hydrogens (tertiary/aromatic N) is 3. The van der Waals surface area contributed by atoms with Crippen LogP contribution in [0.4, 0.5) is 8.78 Å². The van der Waals surface area contributed by atoms with Gasteiger partial charge >= 0.3 is 0 Å². The first kappa shape index (κ1) is 22.6. The number of likely N-dealkylation sites (N-methyl/N-ethyl adjacent to an activating group) is 1. The lowest BCUT2D eigenvalue weighted by Crippen LogP contribution is -2.45. The number of nitrogens with one attached hydrogen (secondary N) is 1. The molecule has 1 heterocycles. The van der Waals surface area contributed by atoms with Crippen LogP contribution in [-0.4, -0.2) is 69.1 Å². The Kier molecular flexibility index (Phi) is 9.20. The van der Waals surface area contributed by atoms with Gasteiger partial charge in [-0.1, -0.05) is 0 Å². The number of fused-ring (bicyclic) bond motifs is 1. The lowest BCUT2D eigenvalue weighted by molar-refractivity contribution is -0.127. The molecule has 0 bridgehead atoms. The van der Waals surface area contributed by atoms with Gasteiger partial charge in [0.25, 0.3) is 0 Å². The van der Waals surface area contributed by atoms with Crippen molar-refractivity contribution in [2.75, 3.05) is 47.4 Å². The van der Waals surface area contributed by atoms with Gasteiger partial charge in [0.2, 0.25) is 5.91 Å². The van der Waals surface area contributed by atoms with Gasteiger partial charge in [-0.3, -0.25) is 4.79 Å². The maximum atomic E-state index is 13.9. The average molecular weight is 482 g/mol. The van der Waals surface area contributed by atoms with Crippen LogP contribution in [0.2, 0.25) is 0 Å². The van der Waals surface area contributed by atoms with Gasteiger partial charge in [-0.2, -0.15) is 0 Å². The van der Waals surface area contributed by atoms with Crippen LogP contribution in [0, 0.1) is 11.6 Å². The minimum atomic E-state index is -0.591. The largest absolute Gasteiger partial charge is 0.383 e. The molecule has 0 saturated carbocycles. The van der Waals surface area contributed by atoms with Gasteiger partial charge in [-0.05, 0) is 23.6 Å². The maximum absolute atomic E-state index is 13.9. The average Bonchev–Trinajstić information content (AvgIpc) is 2.56. The molecule has 0 saturated heterocycles. The fraction of sp³-hybridized carbons (Fsp3) is 0.529. The lowest BCUT2D eigenvalue weighted by Gasteiger charge is -2.32. The predicted molar refractivity (Wildman–Crippen MR) is 107 cm³/mol. The van der Waals surface area contributed by atoms with Crippen LogP contribution in [0.1, 0.15) is 11.1 Å². The molecule has 0 aliphatic carbocycles. The van der Waals surface area contributed by atoms with Crippen LogP contribution in [0.5, 0.6) is 0 Å². The number of rotatable bonds is 5. The summed E-state index contributed by atoms with van der Waals surface area (Å²) in [6, 6.07) is 2.26. The molecule has 0 fully saturated rings. The number of ether oxygens (including phenoxy) is 1. The molecule has 1 N–H and O–H groups in total. The van der Waals surface area contributed by atoms with Crippen molar-refractivity contribution in [2.24, 2.45) is 4.99 Å². The molecule has 0 atom stereocenters. The van der Waals surface area contributed by atoms with Crippen molar-refractivity contribution in [1.29, 1.82) is 0 Å². The molecular formula is C17H25F2IN4O2. The van der Waals surface area contributed by atoms with E-state index < -0.39 is 11.6 Å². The Morgan fingerprint density at radius 3 is 2.77 bits per heavy atom. The lowest BCUT2D eigenvalue weighted by atomic mass is 9.99. The Balaban J connectivity index is 0.00000338. The van der Waals surface area contributed by atoms with E-state index >= 15 is 0 Å². The van der Waals surface area contributed by atoms with Crippen molar-refractivity contribution in [1.82, 2.24) is 15.1 Å². The standard InChI is InChI=1S/C17H24F2N4O2.HI/c1-22(2)16(24)10-21-17(20-5-7-25-3)23-6-4-14-12(11-23)8-13(18)9-15(14)19;/h8-9H,4-7,10-11H2,1-3H3,(H,20,21);1H. The Hall–Kier alpha value is -1.49. The van der Waals surface area contributed by atoms with E-state index in [4.69, 9.17) is 4.74 Å². The highest BCUT2D eigenvalue weighted by Crippen LogP contribution is 2.23. The van der Waals surface area contributed by atoms with Gasteiger partial charge < -0.3 is 19.9 Å². The molecule has 1 aliphatic heterocycles. The number of amides is 1. The van der Waals surface area contributed by atoms with Crippen molar-refractivity contribution < 1.29 is 18.3 Å². The molecule has 26 heavy (non-hydrogen) atoms. The Bertz CT molecular complexity index is 656. The van der Waals surface area contributed by atoms with Crippen LogP contribution in [0.15, 0.2) is 17.1 Å². The number of halogens is 3. The maximum Gasteiger partial charge on any atom is 0.243 e. The predicted octanol–water partition coefficient (Wildman–Crippen LogP) is 1.62. The zero-order valence-corrected chi connectivity index (χ0v) is 17.6. The second kappa shape index (κ2) is 10.6. The zero-order chi connectivity index (χ0) is 18.4. The van der Waals surface area contributed by atoms with Gasteiger partial charge in [-0.25, -0.2) is 13.8 Å². The third-order valence-electron chi connectivity index (χ3n) is 4.00. The van der Waals surface area contributed by atoms with Gasteiger partial charge in [0.05, 0.1) is 6.61 Å². The van der Waals surface area contributed by atoms with Crippen molar-refractivity contribution in [3.05, 3.63) is 34.9 Å². The van der Waals surface area contributed by atoms with Crippen molar-refractivity contribution in [3.63, 3.8) is 0 Å². The molecule has 0 radical (unpaired) electrons. The summed E-state index contributed by atoms with van der Waals surface area (Å²) in [6.07, 6.45) is 0.452. The molecule has 6 nitrogen and oxygen atoms in total. The number of methoxy groups -OCH3 is 1. The van der Waals surface area contributed by atoms with Gasteiger partial charge in [0.1, 0.15) is 18.2 Å². The molecule has 1 aromatic carbocycles. The first-order valence-corrected chi connectivity index (χ1v) is 8.11. The number of guanidine groups is 1. The highest BCUT2D eigenvalue weighted by Gasteiger charge is 2.23. The second-order valence-corrected chi connectivity index (χ2v) is 6.04. The first-order chi connectivity index (χ1) is 11.9. The Morgan fingerprint density at radius 2 is 2.12 bits per heavy atom. The van der Waals surface area contributed by atoms with E-state index in [1.54, 1.807) is 21.2 Å². The number of aliphatic imine (C=N–C) groups is 1. The number of carbonyl (C=O) groups is 1. The topological polar surface area (TPSA) is 57.2 Å². The summed E-state index contributed by atoms with van der Waals surface area (Å²) in [5, 5.41) is 3.14. The normalized spacial score (nSPS) is 13.7. The van der Waals surface area contributed by atoms with Gasteiger partial charge in [0, 0.05) is 46.9 Å². The Morgan fingerprint density at radius 1 is 1.38 bits per heavy atom. The van der Waals surface area contributed by atoms with E-state index in [9.17, 15) is 13.6 Å². The minimum Gasteiger partial charge on any atom is -0.383 e. The minimum absolute atomic E-state index is 0. The van der Waals surface area contributed by atoms with E-state index in [2.05, 4.69) is 10.3 Å². The Labute approximate surface area is 169 Å². The number of benzene rings is 1. The molecule has 1 aromatic rings. The van der Waals surface area contributed by atoms with Crippen molar-refractivity contribution in [3.8, 4) is 0 Å². The zero-order valence-electron chi connectivity index (χ0n) is 15.2. The van der Waals surface area contributed by atoms with E-state index in [-0.39, 0.29) is 36.4 Å². The SMILES string of the molecule is COCCNC(=NCC(=O)N(C)C)N1CCc2c(F)cc(F)cc2C1.I. The van der Waals surface area contributed by atoms with E-state index in [0.717, 1.165) is 6.07 Å². The quantitative estimate of drug-likeness (QED) is 0.300. The molecule has 9 heteroatoms. The van der Waals surface area contributed by atoms with E-state index in [0.29, 0.717) is 49.7 Å². The first-order valence-electron chi connectivity index (χ1n) is 8.11. The number of hydrogen-bond donors (Lipinski definition) is 1. The molecular weight excluding hydrogens is 457 g/mol. The summed E-state index contributed by atoms with van der Waals surface area (Å²) < 4.78 is 32.4. The molecule has 1 amide bonds. The van der Waals surface area contributed by atoms with Crippen molar-refractivity contribution in [2.45, 2.75) is 13.0 Å². The third-order valence-corrected chi connectivity index (χ3v) is 4.00. The number of carbonyl (C=O) groups excluding carboxylic acids is 1. The fourth-order valence-electron chi connectivity index (χ4n) is 2.61. The van der Waals surface area contributed by atoms with E-state index in [1.165, 1.54) is 11.0 Å². The van der Waals surface area contributed by atoms with Crippen molar-refractivity contribution >= 4 is 35.8 Å². The molecule has 2 rings (SSSR count). The third kappa shape index (κ3) is 6.04. The summed E-state index contributed by atoms with van der Waals surface area (Å²) in [6.45, 7) is 1.87. The van der Waals surface area contributed by atoms with Crippen LogP contribution in [0.25, 0.3) is 0 Å². The second-order valence-electron chi connectivity index (χ2n) is 6.04. The summed E-state index contributed by atoms with van der Waals surface area (Å²) in [5.41, 5.74) is 1.14. The summed E-state index contributed by atoms with van der Waals surface area (Å²) in [5.74, 6) is -0.696. The van der Waals surface area contributed by atoms with Crippen LogP contribution >= 0.6 is 24.0 Å². The smallest absolute Gasteiger partial charge is 0.243 e. The van der Waals surface area contributed by atoms with E-state index in [1.807, 2.05) is 4.90 Å². The molecule has 0 spiro atoms. The monoisotopic (exact) mass is 482 g/mol. The fourth-order valence-corrected chi connectivity index (χ4v) is 2.61. The molecule has 1 aliphatic rings.